The number of unbranched alkanes of at least 4 members (excludes halogenated alkanes) is 2. The summed E-state index contributed by atoms with van der Waals surface area (Å²) in [5.74, 6) is -0.722. The Labute approximate surface area is 406 Å². The lowest BCUT2D eigenvalue weighted by Gasteiger charge is -2.27. The van der Waals surface area contributed by atoms with Crippen LogP contribution in [0, 0.1) is 0 Å². The smallest absolute Gasteiger partial charge is 0.303 e. The SMILES string of the molecule is CC(=O)OC(C)C(=O)NCCNCC(=O)CCCCC[N+]1=C(C=CC2=C(Cl)C(=CC=C3N(CCO)c4ccc5ccccc5c4C3(C)C)CCC2)C(C)(C)c2c1ccc1ccccc21.[I-]. The molecule has 0 aromatic heterocycles. The largest absolute Gasteiger partial charge is 1.00 e. The van der Waals surface area contributed by atoms with E-state index in [0.717, 1.165) is 72.6 Å². The molecule has 9 nitrogen and oxygen atoms in total. The predicted octanol–water partition coefficient (Wildman–Crippen LogP) is 6.99. The number of amides is 1. The molecule has 0 bridgehead atoms. The molecule has 1 amide bonds. The number of hydrogen-bond acceptors (Lipinski definition) is 7. The molecule has 65 heavy (non-hydrogen) atoms. The zero-order chi connectivity index (χ0) is 45.6. The van der Waals surface area contributed by atoms with Gasteiger partial charge in [-0.1, -0.05) is 92.2 Å². The fourth-order valence-corrected chi connectivity index (χ4v) is 10.3. The molecule has 4 aromatic rings. The van der Waals surface area contributed by atoms with Gasteiger partial charge in [-0.15, -0.1) is 0 Å². The number of benzene rings is 4. The van der Waals surface area contributed by atoms with E-state index in [4.69, 9.17) is 16.3 Å². The van der Waals surface area contributed by atoms with Gasteiger partial charge in [-0.3, -0.25) is 14.4 Å². The lowest BCUT2D eigenvalue weighted by molar-refractivity contribution is -0.438. The van der Waals surface area contributed by atoms with Crippen molar-refractivity contribution in [1.82, 2.24) is 10.6 Å². The van der Waals surface area contributed by atoms with Crippen LogP contribution in [0.3, 0.4) is 0 Å². The summed E-state index contributed by atoms with van der Waals surface area (Å²) in [6.45, 7) is 14.4. The Morgan fingerprint density at radius 2 is 1.55 bits per heavy atom. The summed E-state index contributed by atoms with van der Waals surface area (Å²) in [6.07, 6.45) is 14.1. The van der Waals surface area contributed by atoms with Gasteiger partial charge in [0.2, 0.25) is 5.69 Å². The standard InChI is InChI=1S/C54H63ClN4O5.HI/c1-36(64-37(2)61)52(63)57-31-30-56-35-42(62)19-8-7-13-32-58-45-26-22-38-15-9-11-20-43(38)49(45)53(3,4)47(58)28-24-40-17-14-18-41(51(40)55)25-29-48-54(5,6)50-44-21-12-10-16-39(44)23-27-46(50)59(48)33-34-60;/h9-12,15-16,20-29,36,56,60H,7-8,13-14,17-19,30-35H2,1-6H3;1H. The highest BCUT2D eigenvalue weighted by atomic mass is 127. The molecular weight excluding hydrogens is 947 g/mol. The van der Waals surface area contributed by atoms with E-state index in [1.165, 1.54) is 57.9 Å². The number of esters is 1. The maximum atomic E-state index is 12.7. The van der Waals surface area contributed by atoms with Crippen LogP contribution in [-0.4, -0.2) is 78.5 Å². The topological polar surface area (TPSA) is 111 Å². The number of nitrogens with one attached hydrogen (secondary N) is 2. The minimum Gasteiger partial charge on any atom is -1.00 e. The maximum Gasteiger partial charge on any atom is 0.303 e. The highest BCUT2D eigenvalue weighted by molar-refractivity contribution is 6.32. The third kappa shape index (κ3) is 10.8. The Balaban J connectivity index is 0.00000700. The molecule has 4 aromatic carbocycles. The highest BCUT2D eigenvalue weighted by Gasteiger charge is 2.45. The summed E-state index contributed by atoms with van der Waals surface area (Å²) in [5.41, 5.74) is 9.13. The van der Waals surface area contributed by atoms with E-state index in [2.05, 4.69) is 145 Å². The molecule has 3 aliphatic rings. The Hall–Kier alpha value is -4.62. The summed E-state index contributed by atoms with van der Waals surface area (Å²) >= 11 is 7.35. The fraction of sp³-hybridized carbons (Fsp3) is 0.407. The van der Waals surface area contributed by atoms with Crippen molar-refractivity contribution < 1.29 is 52.8 Å². The summed E-state index contributed by atoms with van der Waals surface area (Å²) in [5, 5.41) is 21.8. The second kappa shape index (κ2) is 21.8. The number of hydrogen-bond donors (Lipinski definition) is 3. The summed E-state index contributed by atoms with van der Waals surface area (Å²) in [7, 11) is 0. The van der Waals surface area contributed by atoms with Gasteiger partial charge in [0.1, 0.15) is 12.3 Å². The van der Waals surface area contributed by atoms with E-state index in [0.29, 0.717) is 26.1 Å². The quantitative estimate of drug-likeness (QED) is 0.0427. The number of halogens is 2. The third-order valence-corrected chi connectivity index (χ3v) is 13.6. The van der Waals surface area contributed by atoms with E-state index in [1.54, 1.807) is 0 Å². The molecule has 0 saturated carbocycles. The highest BCUT2D eigenvalue weighted by Crippen LogP contribution is 2.51. The van der Waals surface area contributed by atoms with Crippen LogP contribution in [0.15, 0.2) is 119 Å². The fourth-order valence-electron chi connectivity index (χ4n) is 10.0. The number of nitrogens with zero attached hydrogens (tertiary/aromatic N) is 2. The molecular formula is C54H64ClIN4O5. The first-order valence-corrected chi connectivity index (χ1v) is 23.4. The Morgan fingerprint density at radius 1 is 0.862 bits per heavy atom. The number of rotatable bonds is 18. The summed E-state index contributed by atoms with van der Waals surface area (Å²) in [4.78, 5) is 38.1. The van der Waals surface area contributed by atoms with Gasteiger partial charge in [0.05, 0.1) is 18.6 Å². The van der Waals surface area contributed by atoms with Crippen LogP contribution in [0.5, 0.6) is 0 Å². The van der Waals surface area contributed by atoms with Crippen molar-refractivity contribution in [3.8, 4) is 0 Å². The van der Waals surface area contributed by atoms with Crippen molar-refractivity contribution in [1.29, 1.82) is 0 Å². The van der Waals surface area contributed by atoms with Crippen LogP contribution in [0.2, 0.25) is 0 Å². The number of Topliss-reactive ketones (excluding diaryl/α,β-unsaturated/α-hetero) is 1. The van der Waals surface area contributed by atoms with Crippen LogP contribution in [0.4, 0.5) is 11.4 Å². The first-order valence-electron chi connectivity index (χ1n) is 23.0. The molecule has 0 spiro atoms. The third-order valence-electron chi connectivity index (χ3n) is 13.1. The van der Waals surface area contributed by atoms with Gasteiger partial charge in [-0.05, 0) is 109 Å². The van der Waals surface area contributed by atoms with Crippen molar-refractivity contribution in [2.24, 2.45) is 0 Å². The Bertz CT molecular complexity index is 2610. The van der Waals surface area contributed by atoms with Crippen LogP contribution in [-0.2, 0) is 30.0 Å². The van der Waals surface area contributed by atoms with Gasteiger partial charge in [0, 0.05) is 78.9 Å². The average molecular weight is 1010 g/mol. The minimum absolute atomic E-state index is 0. The summed E-state index contributed by atoms with van der Waals surface area (Å²) < 4.78 is 7.38. The number of ether oxygens (including phenoxy) is 1. The van der Waals surface area contributed by atoms with Crippen molar-refractivity contribution in [3.63, 3.8) is 0 Å². The van der Waals surface area contributed by atoms with Gasteiger partial charge >= 0.3 is 5.97 Å². The molecule has 1 aliphatic carbocycles. The minimum atomic E-state index is -0.849. The summed E-state index contributed by atoms with van der Waals surface area (Å²) in [6, 6.07) is 26.1. The van der Waals surface area contributed by atoms with Gasteiger partial charge in [0.25, 0.3) is 5.91 Å². The van der Waals surface area contributed by atoms with Gasteiger partial charge in [-0.2, -0.15) is 4.58 Å². The van der Waals surface area contributed by atoms with Crippen molar-refractivity contribution in [2.75, 3.05) is 44.2 Å². The van der Waals surface area contributed by atoms with Crippen molar-refractivity contribution in [2.45, 2.75) is 103 Å². The Kier molecular flexibility index (Phi) is 16.7. The van der Waals surface area contributed by atoms with Crippen molar-refractivity contribution in [3.05, 3.63) is 130 Å². The molecule has 11 heteroatoms. The molecule has 0 saturated heterocycles. The van der Waals surface area contributed by atoms with Crippen LogP contribution in [0.25, 0.3) is 21.5 Å². The first-order chi connectivity index (χ1) is 30.7. The number of carbonyl (C=O) groups excluding carboxylic acids is 3. The van der Waals surface area contributed by atoms with Gasteiger partial charge in [0.15, 0.2) is 11.8 Å². The zero-order valence-electron chi connectivity index (χ0n) is 38.7. The number of aliphatic hydroxyl groups excluding tert-OH is 1. The molecule has 2 heterocycles. The maximum absolute atomic E-state index is 12.7. The van der Waals surface area contributed by atoms with Crippen molar-refractivity contribution >= 4 is 67.9 Å². The average Bonchev–Trinajstić information content (AvgIpc) is 3.63. The molecule has 0 fully saturated rings. The number of allylic oxidation sites excluding steroid dienone is 8. The first kappa shape index (κ1) is 49.8. The van der Waals surface area contributed by atoms with E-state index in [1.807, 2.05) is 0 Å². The number of β-amino-alcohol motifs (C(OH)–C–C–N with tert-alkyl or cyclic N) is 1. The molecule has 2 aliphatic heterocycles. The molecule has 3 N–H and O–H groups in total. The number of aliphatic hydroxyl groups is 1. The number of anilines is 1. The molecule has 1 unspecified atom stereocenters. The lowest BCUT2D eigenvalue weighted by Crippen LogP contribution is -3.00. The lowest BCUT2D eigenvalue weighted by atomic mass is 9.78. The van der Waals surface area contributed by atoms with Gasteiger partial charge in [-0.25, -0.2) is 0 Å². The molecule has 1 atom stereocenters. The van der Waals surface area contributed by atoms with Crippen LogP contribution in [0.1, 0.15) is 97.6 Å². The molecule has 7 rings (SSSR count). The number of carbonyl (C=O) groups is 3. The monoisotopic (exact) mass is 1010 g/mol. The predicted molar refractivity (Wildman–Crippen MR) is 261 cm³/mol. The Morgan fingerprint density at radius 3 is 2.26 bits per heavy atom. The number of fused-ring (bicyclic) bond motifs is 6. The van der Waals surface area contributed by atoms with E-state index >= 15 is 0 Å². The second-order valence-corrected chi connectivity index (χ2v) is 18.7. The van der Waals surface area contributed by atoms with E-state index < -0.39 is 12.1 Å². The molecule has 344 valence electrons. The normalized spacial score (nSPS) is 18.1. The van der Waals surface area contributed by atoms with Gasteiger partial charge < -0.3 is 49.4 Å². The zero-order valence-corrected chi connectivity index (χ0v) is 41.7. The molecule has 0 radical (unpaired) electrons. The number of ketones is 1. The second-order valence-electron chi connectivity index (χ2n) is 18.4. The van der Waals surface area contributed by atoms with E-state index in [9.17, 15) is 19.5 Å². The van der Waals surface area contributed by atoms with Crippen LogP contribution < -0.4 is 39.5 Å². The van der Waals surface area contributed by atoms with Crippen LogP contribution >= 0.6 is 11.6 Å². The van der Waals surface area contributed by atoms with E-state index in [-0.39, 0.29) is 59.6 Å².